The monoisotopic (exact) mass is 188 g/mol. The zero-order chi connectivity index (χ0) is 9.97. The second kappa shape index (κ2) is 3.77. The number of aromatic nitrogens is 1. The van der Waals surface area contributed by atoms with E-state index in [1.807, 2.05) is 19.1 Å². The van der Waals surface area contributed by atoms with E-state index in [0.29, 0.717) is 6.61 Å². The highest BCUT2D eigenvalue weighted by atomic mass is 16.5. The van der Waals surface area contributed by atoms with E-state index < -0.39 is 0 Å². The molecule has 0 saturated carbocycles. The average Bonchev–Trinajstić information content (AvgIpc) is 2.67. The van der Waals surface area contributed by atoms with Crippen LogP contribution in [0.5, 0.6) is 0 Å². The quantitative estimate of drug-likeness (QED) is 0.677. The first-order valence-corrected chi connectivity index (χ1v) is 4.75. The first kappa shape index (κ1) is 9.17. The van der Waals surface area contributed by atoms with Crippen LogP contribution in [0.25, 0.3) is 0 Å². The summed E-state index contributed by atoms with van der Waals surface area (Å²) in [7, 11) is 0. The molecule has 3 nitrogen and oxygen atoms in total. The molecule has 1 aromatic heterocycles. The van der Waals surface area contributed by atoms with E-state index in [1.54, 1.807) is 6.20 Å². The maximum Gasteiger partial charge on any atom is 0.0998 e. The van der Waals surface area contributed by atoms with Crippen molar-refractivity contribution in [2.45, 2.75) is 19.4 Å². The minimum Gasteiger partial charge on any atom is -0.372 e. The molecule has 2 unspecified atom stereocenters. The van der Waals surface area contributed by atoms with Crippen molar-refractivity contribution < 1.29 is 4.74 Å². The minimum atomic E-state index is -0.0758. The van der Waals surface area contributed by atoms with Gasteiger partial charge in [-0.05, 0) is 19.4 Å². The summed E-state index contributed by atoms with van der Waals surface area (Å²) in [5, 5.41) is 8.90. The van der Waals surface area contributed by atoms with Crippen molar-refractivity contribution in [1.29, 1.82) is 5.26 Å². The third kappa shape index (κ3) is 1.61. The summed E-state index contributed by atoms with van der Waals surface area (Å²) in [5.74, 6) is -0.0143. The van der Waals surface area contributed by atoms with Crippen molar-refractivity contribution >= 4 is 0 Å². The number of nitrogens with zero attached hydrogens (tertiary/aromatic N) is 2. The lowest BCUT2D eigenvalue weighted by molar-refractivity contribution is 0.100. The van der Waals surface area contributed by atoms with Crippen molar-refractivity contribution in [3.05, 3.63) is 29.6 Å². The summed E-state index contributed by atoms with van der Waals surface area (Å²) in [6.07, 6.45) is 2.55. The predicted molar refractivity (Wildman–Crippen MR) is 51.4 cm³/mol. The molecular weight excluding hydrogens is 176 g/mol. The van der Waals surface area contributed by atoms with Gasteiger partial charge in [-0.1, -0.05) is 6.07 Å². The molecule has 1 saturated heterocycles. The fraction of sp³-hybridized carbons (Fsp3) is 0.455. The molecule has 14 heavy (non-hydrogen) atoms. The van der Waals surface area contributed by atoms with Gasteiger partial charge >= 0.3 is 0 Å². The Bertz CT molecular complexity index is 353. The fourth-order valence-corrected chi connectivity index (χ4v) is 1.70. The Morgan fingerprint density at radius 1 is 1.57 bits per heavy atom. The molecule has 3 heteroatoms. The highest BCUT2D eigenvalue weighted by Gasteiger charge is 2.29. The van der Waals surface area contributed by atoms with Gasteiger partial charge in [-0.25, -0.2) is 0 Å². The van der Waals surface area contributed by atoms with Crippen LogP contribution in [-0.4, -0.2) is 11.6 Å². The Morgan fingerprint density at radius 3 is 3.07 bits per heavy atom. The molecule has 1 aromatic rings. The van der Waals surface area contributed by atoms with Gasteiger partial charge in [0.1, 0.15) is 0 Å². The number of hydrogen-bond acceptors (Lipinski definition) is 3. The zero-order valence-electron chi connectivity index (χ0n) is 8.10. The lowest BCUT2D eigenvalue weighted by Crippen LogP contribution is -2.05. The number of hydrogen-bond donors (Lipinski definition) is 0. The van der Waals surface area contributed by atoms with Crippen LogP contribution in [0.4, 0.5) is 0 Å². The standard InChI is InChI=1S/C11H12N2O/c1-8-2-3-10(7-13-8)11-9(6-12)4-5-14-11/h2-3,7,9,11H,4-5H2,1H3. The van der Waals surface area contributed by atoms with Gasteiger partial charge in [0.15, 0.2) is 0 Å². The Hall–Kier alpha value is -1.40. The van der Waals surface area contributed by atoms with Crippen LogP contribution in [0.15, 0.2) is 18.3 Å². The number of ether oxygens (including phenoxy) is 1. The van der Waals surface area contributed by atoms with Crippen LogP contribution in [0.1, 0.15) is 23.8 Å². The van der Waals surface area contributed by atoms with Crippen LogP contribution in [-0.2, 0) is 4.74 Å². The molecule has 0 aliphatic carbocycles. The molecule has 2 rings (SSSR count). The van der Waals surface area contributed by atoms with E-state index in [2.05, 4.69) is 11.1 Å². The summed E-state index contributed by atoms with van der Waals surface area (Å²) in [5.41, 5.74) is 2.00. The summed E-state index contributed by atoms with van der Waals surface area (Å²) in [6.45, 7) is 2.62. The summed E-state index contributed by atoms with van der Waals surface area (Å²) < 4.78 is 5.52. The Balaban J connectivity index is 2.23. The van der Waals surface area contributed by atoms with Crippen LogP contribution < -0.4 is 0 Å². The number of nitriles is 1. The maximum atomic E-state index is 8.90. The number of pyridine rings is 1. The molecule has 1 aliphatic heterocycles. The van der Waals surface area contributed by atoms with Crippen molar-refractivity contribution in [2.24, 2.45) is 5.92 Å². The van der Waals surface area contributed by atoms with Gasteiger partial charge in [0.25, 0.3) is 0 Å². The molecule has 1 fully saturated rings. The molecule has 2 atom stereocenters. The van der Waals surface area contributed by atoms with Gasteiger partial charge in [0.2, 0.25) is 0 Å². The maximum absolute atomic E-state index is 8.90. The summed E-state index contributed by atoms with van der Waals surface area (Å²) in [4.78, 5) is 4.20. The largest absolute Gasteiger partial charge is 0.372 e. The Kier molecular flexibility index (Phi) is 2.47. The first-order chi connectivity index (χ1) is 6.81. The third-order valence-corrected chi connectivity index (χ3v) is 2.52. The van der Waals surface area contributed by atoms with Gasteiger partial charge in [0.05, 0.1) is 18.1 Å². The lowest BCUT2D eigenvalue weighted by Gasteiger charge is -2.12. The van der Waals surface area contributed by atoms with E-state index in [0.717, 1.165) is 17.7 Å². The molecule has 1 aliphatic rings. The topological polar surface area (TPSA) is 45.9 Å². The number of rotatable bonds is 1. The molecular formula is C11H12N2O. The lowest BCUT2D eigenvalue weighted by atomic mass is 9.98. The van der Waals surface area contributed by atoms with Crippen molar-refractivity contribution in [1.82, 2.24) is 4.98 Å². The smallest absolute Gasteiger partial charge is 0.0998 e. The fourth-order valence-electron chi connectivity index (χ4n) is 1.70. The average molecular weight is 188 g/mol. The highest BCUT2D eigenvalue weighted by Crippen LogP contribution is 2.33. The van der Waals surface area contributed by atoms with E-state index in [1.165, 1.54) is 0 Å². The molecule has 0 amide bonds. The third-order valence-electron chi connectivity index (χ3n) is 2.52. The van der Waals surface area contributed by atoms with E-state index in [-0.39, 0.29) is 12.0 Å². The van der Waals surface area contributed by atoms with Crippen molar-refractivity contribution in [3.63, 3.8) is 0 Å². The molecule has 0 bridgehead atoms. The van der Waals surface area contributed by atoms with Gasteiger partial charge < -0.3 is 4.74 Å². The molecule has 2 heterocycles. The SMILES string of the molecule is Cc1ccc(C2OCCC2C#N)cn1. The van der Waals surface area contributed by atoms with Crippen molar-refractivity contribution in [3.8, 4) is 6.07 Å². The summed E-state index contributed by atoms with van der Waals surface area (Å²) >= 11 is 0. The van der Waals surface area contributed by atoms with Crippen LogP contribution in [0, 0.1) is 24.2 Å². The van der Waals surface area contributed by atoms with E-state index in [9.17, 15) is 0 Å². The minimum absolute atomic E-state index is 0.0143. The van der Waals surface area contributed by atoms with Gasteiger partial charge in [0, 0.05) is 24.1 Å². The Morgan fingerprint density at radius 2 is 2.43 bits per heavy atom. The van der Waals surface area contributed by atoms with Crippen LogP contribution in [0.2, 0.25) is 0 Å². The van der Waals surface area contributed by atoms with Gasteiger partial charge in [-0.2, -0.15) is 5.26 Å². The second-order valence-electron chi connectivity index (χ2n) is 3.55. The van der Waals surface area contributed by atoms with Gasteiger partial charge in [-0.3, -0.25) is 4.98 Å². The van der Waals surface area contributed by atoms with Crippen LogP contribution in [0.3, 0.4) is 0 Å². The van der Waals surface area contributed by atoms with Crippen LogP contribution >= 0.6 is 0 Å². The van der Waals surface area contributed by atoms with E-state index >= 15 is 0 Å². The number of aryl methyl sites for hydroxylation is 1. The van der Waals surface area contributed by atoms with E-state index in [4.69, 9.17) is 10.00 Å². The predicted octanol–water partition coefficient (Wildman–Crippen LogP) is 1.99. The first-order valence-electron chi connectivity index (χ1n) is 4.75. The molecule has 0 N–H and O–H groups in total. The normalized spacial score (nSPS) is 26.0. The Labute approximate surface area is 83.3 Å². The second-order valence-corrected chi connectivity index (χ2v) is 3.55. The molecule has 72 valence electrons. The van der Waals surface area contributed by atoms with Gasteiger partial charge in [-0.15, -0.1) is 0 Å². The zero-order valence-corrected chi connectivity index (χ0v) is 8.10. The molecule has 0 radical (unpaired) electrons. The highest BCUT2D eigenvalue weighted by molar-refractivity contribution is 5.19. The summed E-state index contributed by atoms with van der Waals surface area (Å²) in [6, 6.07) is 6.21. The molecule has 0 aromatic carbocycles. The van der Waals surface area contributed by atoms with Crippen molar-refractivity contribution in [2.75, 3.05) is 6.61 Å². The molecule has 0 spiro atoms.